The molecule has 0 amide bonds. The van der Waals surface area contributed by atoms with Crippen LogP contribution in [0.15, 0.2) is 46.1 Å². The second-order valence-electron chi connectivity index (χ2n) is 6.16. The van der Waals surface area contributed by atoms with E-state index in [0.29, 0.717) is 5.56 Å². The van der Waals surface area contributed by atoms with E-state index in [1.54, 1.807) is 0 Å². The van der Waals surface area contributed by atoms with Gasteiger partial charge in [-0.05, 0) is 35.9 Å². The number of nitrogens with one attached hydrogen (secondary N) is 2. The van der Waals surface area contributed by atoms with Crippen molar-refractivity contribution in [2.45, 2.75) is 12.6 Å². The fraction of sp³-hybridized carbons (Fsp3) is 0.111. The molecule has 2 N–H and O–H groups in total. The number of aromatic nitrogens is 3. The second kappa shape index (κ2) is 8.99. The summed E-state index contributed by atoms with van der Waals surface area (Å²) in [4.78, 5) is 25.2. The van der Waals surface area contributed by atoms with Crippen molar-refractivity contribution in [3.8, 4) is 5.69 Å². The van der Waals surface area contributed by atoms with Gasteiger partial charge < -0.3 is 5.32 Å². The number of alkyl halides is 3. The topological polar surface area (TPSA) is 79.8 Å². The largest absolute Gasteiger partial charge is 0.417 e. The van der Waals surface area contributed by atoms with Crippen molar-refractivity contribution in [2.75, 3.05) is 5.32 Å². The van der Waals surface area contributed by atoms with Gasteiger partial charge in [0, 0.05) is 22.2 Å². The van der Waals surface area contributed by atoms with Gasteiger partial charge >= 0.3 is 11.9 Å². The SMILES string of the molecule is O=c1cnn(-c2cc(Cl)c(CC(=S)Nc3ccc(Cl)c(C(F)(F)F)c3)c(Cl)c2)c(=O)[nH]1. The van der Waals surface area contributed by atoms with Crippen LogP contribution in [0.25, 0.3) is 5.69 Å². The molecule has 1 heterocycles. The van der Waals surface area contributed by atoms with Crippen LogP contribution in [0.3, 0.4) is 0 Å². The lowest BCUT2D eigenvalue weighted by Gasteiger charge is -2.14. The summed E-state index contributed by atoms with van der Waals surface area (Å²) in [6.45, 7) is 0. The maximum atomic E-state index is 13.0. The number of H-pyrrole nitrogens is 1. The zero-order valence-corrected chi connectivity index (χ0v) is 18.1. The highest BCUT2D eigenvalue weighted by atomic mass is 35.5. The van der Waals surface area contributed by atoms with E-state index >= 15 is 0 Å². The molecule has 3 aromatic rings. The molecule has 0 bridgehead atoms. The number of hydrogen-bond donors (Lipinski definition) is 2. The van der Waals surface area contributed by atoms with E-state index in [9.17, 15) is 22.8 Å². The molecule has 13 heteroatoms. The Labute approximate surface area is 192 Å². The lowest BCUT2D eigenvalue weighted by Crippen LogP contribution is -2.30. The highest BCUT2D eigenvalue weighted by molar-refractivity contribution is 7.80. The average molecular weight is 510 g/mol. The summed E-state index contributed by atoms with van der Waals surface area (Å²) >= 11 is 23.4. The third-order valence-corrected chi connectivity index (χ3v) is 5.23. The number of rotatable bonds is 4. The van der Waals surface area contributed by atoms with Crippen molar-refractivity contribution < 1.29 is 13.2 Å². The Morgan fingerprint density at radius 1 is 1.10 bits per heavy atom. The molecule has 0 radical (unpaired) electrons. The van der Waals surface area contributed by atoms with E-state index in [4.69, 9.17) is 47.0 Å². The Bertz CT molecular complexity index is 1270. The van der Waals surface area contributed by atoms with Crippen LogP contribution in [0.1, 0.15) is 11.1 Å². The molecular formula is C18H10Cl3F3N4O2S. The summed E-state index contributed by atoms with van der Waals surface area (Å²) in [7, 11) is 0. The maximum absolute atomic E-state index is 13.0. The third-order valence-electron chi connectivity index (χ3n) is 3.98. The normalized spacial score (nSPS) is 11.4. The van der Waals surface area contributed by atoms with E-state index in [1.807, 2.05) is 0 Å². The zero-order valence-electron chi connectivity index (χ0n) is 15.1. The Kier molecular flexibility index (Phi) is 6.75. The van der Waals surface area contributed by atoms with E-state index in [-0.39, 0.29) is 32.8 Å². The smallest absolute Gasteiger partial charge is 0.350 e. The molecule has 0 atom stereocenters. The monoisotopic (exact) mass is 508 g/mol. The molecule has 0 aliphatic rings. The predicted molar refractivity (Wildman–Crippen MR) is 117 cm³/mol. The van der Waals surface area contributed by atoms with E-state index in [1.165, 1.54) is 18.2 Å². The maximum Gasteiger partial charge on any atom is 0.417 e. The van der Waals surface area contributed by atoms with Gasteiger partial charge in [0.1, 0.15) is 6.20 Å². The standard InChI is InChI=1S/C18H10Cl3F3N4O2S/c19-12-2-1-8(3-11(12)18(22,23)24)26-16(31)6-10-13(20)4-9(5-14(10)21)28-17(30)27-15(29)7-25-28/h1-5,7H,6H2,(H,26,31)(H,27,29,30). The van der Waals surface area contributed by atoms with Crippen LogP contribution in [0.2, 0.25) is 15.1 Å². The lowest BCUT2D eigenvalue weighted by atomic mass is 10.1. The molecule has 2 aromatic carbocycles. The average Bonchev–Trinajstić information content (AvgIpc) is 2.65. The lowest BCUT2D eigenvalue weighted by molar-refractivity contribution is -0.137. The quantitative estimate of drug-likeness (QED) is 0.490. The van der Waals surface area contributed by atoms with Crippen molar-refractivity contribution in [2.24, 2.45) is 0 Å². The Hall–Kier alpha value is -2.40. The molecule has 31 heavy (non-hydrogen) atoms. The molecule has 6 nitrogen and oxygen atoms in total. The highest BCUT2D eigenvalue weighted by Crippen LogP contribution is 2.36. The van der Waals surface area contributed by atoms with Crippen LogP contribution in [0.4, 0.5) is 18.9 Å². The molecule has 0 unspecified atom stereocenters. The molecule has 1 aromatic heterocycles. The summed E-state index contributed by atoms with van der Waals surface area (Å²) in [5.74, 6) is 0. The third kappa shape index (κ3) is 5.45. The van der Waals surface area contributed by atoms with Crippen molar-refractivity contribution in [1.29, 1.82) is 0 Å². The van der Waals surface area contributed by atoms with Gasteiger partial charge in [0.15, 0.2) is 0 Å². The number of hydrogen-bond acceptors (Lipinski definition) is 4. The second-order valence-corrected chi connectivity index (χ2v) is 7.87. The minimum Gasteiger partial charge on any atom is -0.350 e. The van der Waals surface area contributed by atoms with Crippen molar-refractivity contribution in [3.05, 3.63) is 83.6 Å². The molecule has 0 saturated heterocycles. The molecule has 162 valence electrons. The minimum absolute atomic E-state index is 0.00517. The Morgan fingerprint density at radius 3 is 2.32 bits per heavy atom. The predicted octanol–water partition coefficient (Wildman–Crippen LogP) is 4.88. The molecule has 0 fully saturated rings. The van der Waals surface area contributed by atoms with Gasteiger partial charge in [-0.15, -0.1) is 0 Å². The molecule has 3 rings (SSSR count). The first kappa shape index (κ1) is 23.3. The van der Waals surface area contributed by atoms with Gasteiger partial charge in [0.25, 0.3) is 5.56 Å². The minimum atomic E-state index is -4.62. The first-order chi connectivity index (χ1) is 14.5. The number of aromatic amines is 1. The van der Waals surface area contributed by atoms with Crippen molar-refractivity contribution >= 4 is 57.7 Å². The number of thiocarbonyl (C=S) groups is 1. The van der Waals surface area contributed by atoms with Gasteiger partial charge in [0.05, 0.1) is 21.3 Å². The van der Waals surface area contributed by atoms with Crippen LogP contribution in [0.5, 0.6) is 0 Å². The summed E-state index contributed by atoms with van der Waals surface area (Å²) in [6.07, 6.45) is -3.70. The van der Waals surface area contributed by atoms with Crippen molar-refractivity contribution in [1.82, 2.24) is 14.8 Å². The first-order valence-corrected chi connectivity index (χ1v) is 9.83. The number of anilines is 1. The van der Waals surface area contributed by atoms with Crippen LogP contribution >= 0.6 is 47.0 Å². The van der Waals surface area contributed by atoms with Crippen LogP contribution in [-0.4, -0.2) is 19.8 Å². The first-order valence-electron chi connectivity index (χ1n) is 8.29. The number of nitrogens with zero attached hydrogens (tertiary/aromatic N) is 2. The summed E-state index contributed by atoms with van der Waals surface area (Å²) in [5, 5.41) is 6.25. The molecule has 0 aliphatic heterocycles. The fourth-order valence-corrected chi connectivity index (χ4v) is 3.70. The molecule has 0 spiro atoms. The van der Waals surface area contributed by atoms with E-state index in [0.717, 1.165) is 23.0 Å². The Morgan fingerprint density at radius 2 is 1.74 bits per heavy atom. The van der Waals surface area contributed by atoms with Gasteiger partial charge in [-0.25, -0.2) is 4.79 Å². The van der Waals surface area contributed by atoms with E-state index < -0.39 is 28.0 Å². The van der Waals surface area contributed by atoms with Gasteiger partial charge in [-0.2, -0.15) is 23.0 Å². The van der Waals surface area contributed by atoms with Crippen LogP contribution < -0.4 is 16.6 Å². The van der Waals surface area contributed by atoms with Gasteiger partial charge in [0.2, 0.25) is 0 Å². The summed E-state index contributed by atoms with van der Waals surface area (Å²) in [5.41, 5.74) is -1.77. The van der Waals surface area contributed by atoms with Crippen molar-refractivity contribution in [3.63, 3.8) is 0 Å². The summed E-state index contributed by atoms with van der Waals surface area (Å²) < 4.78 is 39.9. The zero-order chi connectivity index (χ0) is 22.9. The molecular weight excluding hydrogens is 500 g/mol. The summed E-state index contributed by atoms with van der Waals surface area (Å²) in [6, 6.07) is 6.09. The number of halogens is 6. The van der Waals surface area contributed by atoms with E-state index in [2.05, 4.69) is 15.4 Å². The van der Waals surface area contributed by atoms with Gasteiger partial charge in [-0.3, -0.25) is 9.78 Å². The number of benzene rings is 2. The van der Waals surface area contributed by atoms with Crippen LogP contribution in [0, 0.1) is 0 Å². The van der Waals surface area contributed by atoms with Crippen LogP contribution in [-0.2, 0) is 12.6 Å². The molecule has 0 aliphatic carbocycles. The Balaban J connectivity index is 1.84. The fourth-order valence-electron chi connectivity index (χ4n) is 2.60. The van der Waals surface area contributed by atoms with Gasteiger partial charge in [-0.1, -0.05) is 47.0 Å². The molecule has 0 saturated carbocycles. The highest BCUT2D eigenvalue weighted by Gasteiger charge is 2.33.